The number of carbonyl (C=O) groups excluding carboxylic acids is 3. The highest BCUT2D eigenvalue weighted by atomic mass is 16.2. The summed E-state index contributed by atoms with van der Waals surface area (Å²) in [5.41, 5.74) is 1.65. The molecule has 8 nitrogen and oxygen atoms in total. The maximum absolute atomic E-state index is 13.3. The van der Waals surface area contributed by atoms with Crippen LogP contribution in [0.15, 0.2) is 24.3 Å². The van der Waals surface area contributed by atoms with E-state index in [1.54, 1.807) is 19.0 Å². The van der Waals surface area contributed by atoms with E-state index in [1.165, 1.54) is 0 Å². The summed E-state index contributed by atoms with van der Waals surface area (Å²) in [6.07, 6.45) is 2.63. The van der Waals surface area contributed by atoms with E-state index >= 15 is 0 Å². The molecule has 0 radical (unpaired) electrons. The molecule has 1 aromatic rings. The molecular formula is C26H33N5O3. The molecule has 8 heteroatoms. The lowest BCUT2D eigenvalue weighted by atomic mass is 10.0. The number of rotatable bonds is 6. The molecule has 3 amide bonds. The largest absolute Gasteiger partial charge is 0.345 e. The molecule has 34 heavy (non-hydrogen) atoms. The number of benzene rings is 1. The minimum atomic E-state index is -0.286. The predicted octanol–water partition coefficient (Wildman–Crippen LogP) is 1.88. The first kappa shape index (κ1) is 22.9. The minimum absolute atomic E-state index is 0.0398. The Balaban J connectivity index is 1.21. The molecule has 0 N–H and O–H groups in total. The molecule has 180 valence electrons. The van der Waals surface area contributed by atoms with E-state index in [2.05, 4.69) is 11.0 Å². The third kappa shape index (κ3) is 3.67. The zero-order valence-electron chi connectivity index (χ0n) is 20.3. The number of fused-ring (bicyclic) bond motifs is 3. The minimum Gasteiger partial charge on any atom is -0.345 e. The van der Waals surface area contributed by atoms with Gasteiger partial charge in [0, 0.05) is 50.7 Å². The summed E-state index contributed by atoms with van der Waals surface area (Å²) in [6.45, 7) is 5.30. The van der Waals surface area contributed by atoms with Crippen molar-refractivity contribution in [3.63, 3.8) is 0 Å². The highest BCUT2D eigenvalue weighted by Crippen LogP contribution is 2.48. The van der Waals surface area contributed by atoms with Crippen LogP contribution in [0.1, 0.15) is 55.1 Å². The number of nitrogens with zero attached hydrogens (tertiary/aromatic N) is 5. The Labute approximate surface area is 201 Å². The molecule has 3 saturated heterocycles. The van der Waals surface area contributed by atoms with Crippen LogP contribution in [0.2, 0.25) is 0 Å². The first-order valence-corrected chi connectivity index (χ1v) is 12.3. The lowest BCUT2D eigenvalue weighted by Gasteiger charge is -2.38. The molecule has 0 spiro atoms. The van der Waals surface area contributed by atoms with Crippen LogP contribution in [0.3, 0.4) is 0 Å². The Morgan fingerprint density at radius 1 is 1.15 bits per heavy atom. The fourth-order valence-electron chi connectivity index (χ4n) is 6.30. The van der Waals surface area contributed by atoms with E-state index in [4.69, 9.17) is 0 Å². The molecule has 1 saturated carbocycles. The normalized spacial score (nSPS) is 31.3. The second-order valence-electron chi connectivity index (χ2n) is 10.7. The monoisotopic (exact) mass is 463 g/mol. The van der Waals surface area contributed by atoms with Crippen LogP contribution in [0.5, 0.6) is 0 Å². The van der Waals surface area contributed by atoms with Crippen molar-refractivity contribution in [2.75, 3.05) is 27.2 Å². The Morgan fingerprint density at radius 2 is 1.85 bits per heavy atom. The first-order valence-electron chi connectivity index (χ1n) is 12.3. The summed E-state index contributed by atoms with van der Waals surface area (Å²) in [6, 6.07) is 9.66. The fourth-order valence-corrected chi connectivity index (χ4v) is 6.30. The lowest BCUT2D eigenvalue weighted by molar-refractivity contribution is -0.142. The maximum atomic E-state index is 13.3. The number of amides is 3. The maximum Gasteiger partial charge on any atom is 0.253 e. The number of nitriles is 1. The van der Waals surface area contributed by atoms with Gasteiger partial charge in [-0.1, -0.05) is 19.1 Å². The average molecular weight is 464 g/mol. The van der Waals surface area contributed by atoms with Crippen molar-refractivity contribution in [3.8, 4) is 6.07 Å². The summed E-state index contributed by atoms with van der Waals surface area (Å²) < 4.78 is 0. The van der Waals surface area contributed by atoms with Crippen molar-refractivity contribution in [1.82, 2.24) is 19.6 Å². The Kier molecular flexibility index (Phi) is 5.64. The van der Waals surface area contributed by atoms with Gasteiger partial charge in [-0.3, -0.25) is 19.3 Å². The summed E-state index contributed by atoms with van der Waals surface area (Å²) in [5, 5.41) is 9.43. The molecule has 3 aliphatic heterocycles. The lowest BCUT2D eigenvalue weighted by Crippen LogP contribution is -2.53. The van der Waals surface area contributed by atoms with Gasteiger partial charge in [-0.2, -0.15) is 5.26 Å². The molecule has 1 unspecified atom stereocenters. The zero-order valence-corrected chi connectivity index (χ0v) is 20.3. The topological polar surface area (TPSA) is 88.0 Å². The van der Waals surface area contributed by atoms with Gasteiger partial charge in [-0.15, -0.1) is 0 Å². The summed E-state index contributed by atoms with van der Waals surface area (Å²) >= 11 is 0. The van der Waals surface area contributed by atoms with Crippen LogP contribution in [0.4, 0.5) is 0 Å². The third-order valence-corrected chi connectivity index (χ3v) is 8.22. The number of carbonyl (C=O) groups is 3. The second kappa shape index (κ2) is 8.38. The van der Waals surface area contributed by atoms with Crippen LogP contribution in [0.25, 0.3) is 0 Å². The number of hydrogen-bond acceptors (Lipinski definition) is 5. The fraction of sp³-hybridized carbons (Fsp3) is 0.615. The van der Waals surface area contributed by atoms with Gasteiger partial charge in [0.1, 0.15) is 6.04 Å². The van der Waals surface area contributed by atoms with Gasteiger partial charge in [0.15, 0.2) is 0 Å². The van der Waals surface area contributed by atoms with Gasteiger partial charge < -0.3 is 14.7 Å². The van der Waals surface area contributed by atoms with Crippen molar-refractivity contribution in [1.29, 1.82) is 5.26 Å². The summed E-state index contributed by atoms with van der Waals surface area (Å²) in [5.74, 6) is 0.423. The Morgan fingerprint density at radius 3 is 2.47 bits per heavy atom. The van der Waals surface area contributed by atoms with E-state index in [0.29, 0.717) is 18.0 Å². The van der Waals surface area contributed by atoms with E-state index in [0.717, 1.165) is 31.4 Å². The molecule has 0 aromatic heterocycles. The van der Waals surface area contributed by atoms with Gasteiger partial charge in [0.25, 0.3) is 5.91 Å². The average Bonchev–Trinajstić information content (AvgIpc) is 3.15. The molecular weight excluding hydrogens is 430 g/mol. The number of piperidine rings is 1. The standard InChI is InChI=1S/C26H33N5O3/c1-15(24(32)31-20(12-27)9-19-10-22(19)31)13-29-14-21-11-23(29)26(34)30(21)16(2)17-5-7-18(8-6-17)25(33)28(3)4/h5-8,15-16,19-23H,9-11,13-14H2,1-4H3/t15-,16+,19+,20-,21+,22?,23+/m0/s1. The van der Waals surface area contributed by atoms with Gasteiger partial charge in [0.2, 0.25) is 11.8 Å². The van der Waals surface area contributed by atoms with Crippen LogP contribution in [0, 0.1) is 23.2 Å². The van der Waals surface area contributed by atoms with Crippen LogP contribution < -0.4 is 0 Å². The van der Waals surface area contributed by atoms with Crippen molar-refractivity contribution in [2.24, 2.45) is 11.8 Å². The molecule has 2 bridgehead atoms. The number of hydrogen-bond donors (Lipinski definition) is 0. The van der Waals surface area contributed by atoms with Gasteiger partial charge in [-0.25, -0.2) is 0 Å². The molecule has 3 heterocycles. The summed E-state index contributed by atoms with van der Waals surface area (Å²) in [7, 11) is 3.46. The Bertz CT molecular complexity index is 1050. The van der Waals surface area contributed by atoms with E-state index < -0.39 is 0 Å². The molecule has 5 rings (SSSR count). The molecule has 7 atom stereocenters. The van der Waals surface area contributed by atoms with Gasteiger partial charge in [0.05, 0.1) is 18.2 Å². The number of likely N-dealkylation sites (tertiary alicyclic amines) is 3. The third-order valence-electron chi connectivity index (χ3n) is 8.22. The summed E-state index contributed by atoms with van der Waals surface area (Å²) in [4.78, 5) is 46.1. The van der Waals surface area contributed by atoms with Crippen molar-refractivity contribution < 1.29 is 14.4 Å². The van der Waals surface area contributed by atoms with E-state index in [1.807, 2.05) is 47.9 Å². The quantitative estimate of drug-likeness (QED) is 0.643. The smallest absolute Gasteiger partial charge is 0.253 e. The predicted molar refractivity (Wildman–Crippen MR) is 125 cm³/mol. The second-order valence-corrected chi connectivity index (χ2v) is 10.7. The van der Waals surface area contributed by atoms with E-state index in [9.17, 15) is 19.6 Å². The first-order chi connectivity index (χ1) is 16.2. The van der Waals surface area contributed by atoms with Crippen molar-refractivity contribution in [3.05, 3.63) is 35.4 Å². The van der Waals surface area contributed by atoms with Crippen molar-refractivity contribution in [2.45, 2.75) is 63.3 Å². The van der Waals surface area contributed by atoms with Crippen molar-refractivity contribution >= 4 is 17.7 Å². The van der Waals surface area contributed by atoms with Crippen LogP contribution >= 0.6 is 0 Å². The number of piperazine rings is 1. The van der Waals surface area contributed by atoms with Gasteiger partial charge in [-0.05, 0) is 49.8 Å². The van der Waals surface area contributed by atoms with E-state index in [-0.39, 0.29) is 53.8 Å². The molecule has 1 aliphatic carbocycles. The molecule has 1 aromatic carbocycles. The zero-order chi connectivity index (χ0) is 24.3. The highest BCUT2D eigenvalue weighted by Gasteiger charge is 2.55. The SMILES string of the molecule is C[C@H](c1ccc(C(=O)N(C)C)cc1)N1C(=O)[C@H]2C[C@@H]1CN2C[C@H](C)C(=O)N1C2C[C@H]2C[C@H]1C#N. The highest BCUT2D eigenvalue weighted by molar-refractivity contribution is 5.94. The van der Waals surface area contributed by atoms with Crippen LogP contribution in [-0.2, 0) is 9.59 Å². The van der Waals surface area contributed by atoms with Gasteiger partial charge >= 0.3 is 0 Å². The molecule has 4 fully saturated rings. The molecule has 4 aliphatic rings. The van der Waals surface area contributed by atoms with Crippen LogP contribution in [-0.4, -0.2) is 88.7 Å². The Hall–Kier alpha value is -2.92.